The summed E-state index contributed by atoms with van der Waals surface area (Å²) in [6, 6.07) is 0. The molecule has 0 saturated heterocycles. The number of rotatable bonds is 76. The summed E-state index contributed by atoms with van der Waals surface area (Å²) in [7, 11) is -9.98. The summed E-state index contributed by atoms with van der Waals surface area (Å²) in [5.74, 6) is -2.24. The molecule has 3 N–H and O–H groups in total. The largest absolute Gasteiger partial charge is 0.472 e. The third-order valence-corrected chi connectivity index (χ3v) is 18.8. The van der Waals surface area contributed by atoms with Crippen molar-refractivity contribution in [2.75, 3.05) is 39.6 Å². The van der Waals surface area contributed by atoms with Crippen molar-refractivity contribution in [3.63, 3.8) is 0 Å². The molecule has 5 atom stereocenters. The van der Waals surface area contributed by atoms with Crippen LogP contribution in [-0.4, -0.2) is 96.7 Å². The fourth-order valence-corrected chi connectivity index (χ4v) is 12.3. The standard InChI is InChI=1S/C85H146O17P2/c1-5-9-13-17-21-25-29-33-37-38-39-40-44-46-50-54-58-62-66-70-83(88)96-76-81(102-85(90)72-68-64-60-56-52-48-43-36-32-28-24-20-16-12-8-4)78-100-104(93,94)98-74-79(86)73-97-103(91,92)99-77-80(101-84(89)71-67-63-59-55-51-47-42-35-31-27-23-19-15-11-7-3)75-95-82(87)69-65-61-57-53-49-45-41-34-30-26-22-18-14-10-6-2/h9-10,13-14,21-22,24-26,28,33-34,36-37,39-41,43,49,53,79-81,86H,5-8,11-12,15-20,23,27,29-32,35,38,42,44-48,50-52,54-78H2,1-4H3,(H,91,92)(H,93,94)/b13-9-,14-10-,25-21-,26-22-,28-24-,37-33-,40-39-,41-34-,43-36-,53-49-. The van der Waals surface area contributed by atoms with Gasteiger partial charge in [0.05, 0.1) is 26.4 Å². The van der Waals surface area contributed by atoms with Crippen LogP contribution in [0.2, 0.25) is 0 Å². The van der Waals surface area contributed by atoms with E-state index in [4.69, 9.17) is 37.0 Å². The van der Waals surface area contributed by atoms with Gasteiger partial charge in [-0.3, -0.25) is 37.3 Å². The Balaban J connectivity index is 5.40. The first-order valence-electron chi connectivity index (χ1n) is 40.8. The van der Waals surface area contributed by atoms with Crippen LogP contribution >= 0.6 is 15.6 Å². The van der Waals surface area contributed by atoms with Crippen LogP contribution in [0.1, 0.15) is 336 Å². The number of esters is 4. The van der Waals surface area contributed by atoms with E-state index in [2.05, 4.69) is 149 Å². The van der Waals surface area contributed by atoms with Gasteiger partial charge in [-0.15, -0.1) is 0 Å². The molecule has 0 aromatic heterocycles. The van der Waals surface area contributed by atoms with Crippen molar-refractivity contribution in [3.05, 3.63) is 122 Å². The van der Waals surface area contributed by atoms with Crippen LogP contribution in [0, 0.1) is 0 Å². The first-order chi connectivity index (χ1) is 50.7. The average molecular weight is 1500 g/mol. The molecule has 0 aromatic rings. The molecule has 17 nitrogen and oxygen atoms in total. The van der Waals surface area contributed by atoms with Crippen LogP contribution in [0.3, 0.4) is 0 Å². The molecule has 0 amide bonds. The summed E-state index contributed by atoms with van der Waals surface area (Å²) in [6.07, 6.45) is 84.6. The highest BCUT2D eigenvalue weighted by Crippen LogP contribution is 2.45. The zero-order valence-corrected chi connectivity index (χ0v) is 67.2. The Kier molecular flexibility index (Phi) is 73.3. The van der Waals surface area contributed by atoms with Gasteiger partial charge in [0.1, 0.15) is 19.3 Å². The van der Waals surface area contributed by atoms with Gasteiger partial charge in [-0.1, -0.05) is 297 Å². The number of carbonyl (C=O) groups is 4. The fourth-order valence-electron chi connectivity index (χ4n) is 10.8. The van der Waals surface area contributed by atoms with Crippen molar-refractivity contribution in [2.45, 2.75) is 354 Å². The molecule has 19 heteroatoms. The van der Waals surface area contributed by atoms with Crippen LogP contribution < -0.4 is 0 Å². The van der Waals surface area contributed by atoms with Crippen LogP contribution in [0.4, 0.5) is 0 Å². The molecule has 0 fully saturated rings. The normalized spacial score (nSPS) is 14.5. The second kappa shape index (κ2) is 76.6. The summed E-state index contributed by atoms with van der Waals surface area (Å²) >= 11 is 0. The van der Waals surface area contributed by atoms with Gasteiger partial charge in [0.25, 0.3) is 0 Å². The minimum atomic E-state index is -4.99. The van der Waals surface area contributed by atoms with E-state index in [0.717, 1.165) is 173 Å². The predicted octanol–water partition coefficient (Wildman–Crippen LogP) is 23.9. The van der Waals surface area contributed by atoms with Crippen LogP contribution in [-0.2, 0) is 65.4 Å². The van der Waals surface area contributed by atoms with Crippen molar-refractivity contribution in [3.8, 4) is 0 Å². The number of hydrogen-bond donors (Lipinski definition) is 3. The number of hydrogen-bond acceptors (Lipinski definition) is 15. The Bertz CT molecular complexity index is 2440. The van der Waals surface area contributed by atoms with Gasteiger partial charge in [0, 0.05) is 25.7 Å². The zero-order chi connectivity index (χ0) is 76.0. The maximum atomic E-state index is 13.1. The molecule has 0 aromatic carbocycles. The van der Waals surface area contributed by atoms with Gasteiger partial charge in [-0.05, 0) is 135 Å². The average Bonchev–Trinajstić information content (AvgIpc) is 0.918. The van der Waals surface area contributed by atoms with Crippen LogP contribution in [0.25, 0.3) is 0 Å². The van der Waals surface area contributed by atoms with Gasteiger partial charge >= 0.3 is 39.5 Å². The Morgan fingerprint density at radius 3 is 0.808 bits per heavy atom. The Morgan fingerprint density at radius 1 is 0.279 bits per heavy atom. The molecule has 0 bridgehead atoms. The van der Waals surface area contributed by atoms with E-state index in [-0.39, 0.29) is 25.7 Å². The molecule has 0 rings (SSSR count). The highest BCUT2D eigenvalue weighted by molar-refractivity contribution is 7.47. The van der Waals surface area contributed by atoms with Gasteiger partial charge in [0.15, 0.2) is 12.2 Å². The fraction of sp³-hybridized carbons (Fsp3) is 0.718. The molecule has 0 heterocycles. The highest BCUT2D eigenvalue weighted by Gasteiger charge is 2.30. The minimum Gasteiger partial charge on any atom is -0.462 e. The van der Waals surface area contributed by atoms with Crippen molar-refractivity contribution in [1.29, 1.82) is 0 Å². The van der Waals surface area contributed by atoms with E-state index in [1.807, 2.05) is 0 Å². The Labute approximate surface area is 632 Å². The second-order valence-corrected chi connectivity index (χ2v) is 29.9. The van der Waals surface area contributed by atoms with E-state index in [1.54, 1.807) is 0 Å². The lowest BCUT2D eigenvalue weighted by molar-refractivity contribution is -0.161. The Morgan fingerprint density at radius 2 is 0.500 bits per heavy atom. The zero-order valence-electron chi connectivity index (χ0n) is 65.4. The van der Waals surface area contributed by atoms with Crippen LogP contribution in [0.15, 0.2) is 122 Å². The van der Waals surface area contributed by atoms with E-state index < -0.39 is 97.5 Å². The number of allylic oxidation sites excluding steroid dienone is 20. The summed E-state index contributed by atoms with van der Waals surface area (Å²) in [4.78, 5) is 73.1. The first kappa shape index (κ1) is 99.5. The number of carbonyl (C=O) groups excluding carboxylic acids is 4. The van der Waals surface area contributed by atoms with Crippen LogP contribution in [0.5, 0.6) is 0 Å². The molecule has 0 aliphatic heterocycles. The maximum Gasteiger partial charge on any atom is 0.472 e. The molecule has 5 unspecified atom stereocenters. The monoisotopic (exact) mass is 1500 g/mol. The van der Waals surface area contributed by atoms with Gasteiger partial charge in [0.2, 0.25) is 0 Å². The van der Waals surface area contributed by atoms with E-state index >= 15 is 0 Å². The SMILES string of the molecule is CC/C=C\C/C=C\C/C=C\C/C=C\CCCCCCCCC(=O)OCC(COP(=O)(O)OCC(O)COP(=O)(O)OCC(COC(=O)CCCC/C=C\C/C=C\C/C=C\C/C=C\CC)OC(=O)CCCCCCCCCCCCCCCCC)OC(=O)CCCCCCC/C=C\C/C=C\CCCCC. The number of aliphatic hydroxyl groups is 1. The molecule has 0 spiro atoms. The number of ether oxygens (including phenoxy) is 4. The van der Waals surface area contributed by atoms with E-state index in [0.29, 0.717) is 25.7 Å². The number of phosphoric ester groups is 2. The quantitative estimate of drug-likeness (QED) is 0.0169. The molecule has 0 aliphatic carbocycles. The molecule has 0 aliphatic rings. The van der Waals surface area contributed by atoms with E-state index in [9.17, 15) is 43.2 Å². The molecule has 0 radical (unpaired) electrons. The summed E-state index contributed by atoms with van der Waals surface area (Å²) in [6.45, 7) is 4.58. The van der Waals surface area contributed by atoms with Gasteiger partial charge in [-0.25, -0.2) is 9.13 Å². The smallest absolute Gasteiger partial charge is 0.462 e. The van der Waals surface area contributed by atoms with Crippen molar-refractivity contribution in [2.24, 2.45) is 0 Å². The maximum absolute atomic E-state index is 13.1. The molecule has 104 heavy (non-hydrogen) atoms. The third kappa shape index (κ3) is 75.7. The third-order valence-electron chi connectivity index (χ3n) is 16.9. The number of phosphoric acid groups is 2. The first-order valence-corrected chi connectivity index (χ1v) is 43.8. The number of unbranched alkanes of at least 4 members (excludes halogenated alkanes) is 30. The summed E-state index contributed by atoms with van der Waals surface area (Å²) in [5.41, 5.74) is 0. The lowest BCUT2D eigenvalue weighted by Gasteiger charge is -2.21. The van der Waals surface area contributed by atoms with Gasteiger partial charge < -0.3 is 33.8 Å². The lowest BCUT2D eigenvalue weighted by atomic mass is 10.0. The summed E-state index contributed by atoms with van der Waals surface area (Å²) in [5, 5.41) is 10.6. The highest BCUT2D eigenvalue weighted by atomic mass is 31.2. The van der Waals surface area contributed by atoms with Crippen molar-refractivity contribution in [1.82, 2.24) is 0 Å². The van der Waals surface area contributed by atoms with Gasteiger partial charge in [-0.2, -0.15) is 0 Å². The number of aliphatic hydroxyl groups excluding tert-OH is 1. The molecular formula is C85H146O17P2. The topological polar surface area (TPSA) is 237 Å². The molecule has 0 saturated carbocycles. The summed E-state index contributed by atoms with van der Waals surface area (Å²) < 4.78 is 68.6. The predicted molar refractivity (Wildman–Crippen MR) is 427 cm³/mol. The van der Waals surface area contributed by atoms with E-state index in [1.165, 1.54) is 83.5 Å². The second-order valence-electron chi connectivity index (χ2n) is 27.0. The molecular weight excluding hydrogens is 1350 g/mol. The lowest BCUT2D eigenvalue weighted by Crippen LogP contribution is -2.30. The molecule has 598 valence electrons. The minimum absolute atomic E-state index is 0.0732. The van der Waals surface area contributed by atoms with Crippen molar-refractivity contribution < 1.29 is 80.2 Å². The Hall–Kier alpha value is -4.54. The van der Waals surface area contributed by atoms with Crippen molar-refractivity contribution >= 4 is 39.5 Å².